The van der Waals surface area contributed by atoms with Crippen molar-refractivity contribution in [3.8, 4) is 11.1 Å². The first-order chi connectivity index (χ1) is 13.9. The van der Waals surface area contributed by atoms with Gasteiger partial charge < -0.3 is 15.2 Å². The van der Waals surface area contributed by atoms with Crippen molar-refractivity contribution in [2.45, 2.75) is 44.2 Å². The maximum atomic E-state index is 15.6. The monoisotopic (exact) mass is 399 g/mol. The highest BCUT2D eigenvalue weighted by Gasteiger charge is 2.49. The van der Waals surface area contributed by atoms with Crippen LogP contribution in [0, 0.1) is 18.6 Å². The Morgan fingerprint density at radius 1 is 1.17 bits per heavy atom. The molecule has 1 fully saturated rings. The van der Waals surface area contributed by atoms with Crippen LogP contribution < -0.4 is 5.32 Å². The van der Waals surface area contributed by atoms with E-state index >= 15 is 4.39 Å². The Labute approximate surface area is 168 Å². The van der Waals surface area contributed by atoms with Crippen LogP contribution in [0.15, 0.2) is 42.2 Å². The van der Waals surface area contributed by atoms with Crippen LogP contribution in [0.5, 0.6) is 0 Å². The fourth-order valence-corrected chi connectivity index (χ4v) is 4.44. The van der Waals surface area contributed by atoms with Crippen LogP contribution in [0.4, 0.5) is 8.78 Å². The van der Waals surface area contributed by atoms with Crippen molar-refractivity contribution >= 4 is 11.5 Å². The van der Waals surface area contributed by atoms with Gasteiger partial charge in [0.2, 0.25) is 0 Å². The second kappa shape index (κ2) is 7.26. The molecule has 2 aromatic rings. The fourth-order valence-electron chi connectivity index (χ4n) is 4.44. The van der Waals surface area contributed by atoms with Gasteiger partial charge in [-0.05, 0) is 49.8 Å². The lowest BCUT2D eigenvalue weighted by Crippen LogP contribution is -2.48. The number of benzene rings is 2. The van der Waals surface area contributed by atoms with Gasteiger partial charge in [0.05, 0.1) is 17.2 Å². The number of ether oxygens (including phenoxy) is 1. The summed E-state index contributed by atoms with van der Waals surface area (Å²) in [5.41, 5.74) is -0.738. The Bertz CT molecular complexity index is 993. The number of methoxy groups -OCH3 is 1. The fraction of sp³-hybridized carbons (Fsp3) is 0.348. The number of carbonyl (C=O) groups excluding carboxylic acids is 1. The van der Waals surface area contributed by atoms with Crippen molar-refractivity contribution in [3.63, 3.8) is 0 Å². The molecule has 1 spiro atoms. The number of carbonyl (C=O) groups is 1. The Hall–Kier alpha value is -2.73. The molecule has 2 N–H and O–H groups in total. The number of amides is 1. The first kappa shape index (κ1) is 19.6. The van der Waals surface area contributed by atoms with E-state index < -0.39 is 23.1 Å². The Morgan fingerprint density at radius 2 is 1.83 bits per heavy atom. The van der Waals surface area contributed by atoms with Gasteiger partial charge in [-0.3, -0.25) is 4.79 Å². The zero-order valence-electron chi connectivity index (χ0n) is 16.4. The molecule has 4 rings (SSSR count). The van der Waals surface area contributed by atoms with Gasteiger partial charge in [0.15, 0.2) is 0 Å². The standard InChI is InChI=1S/C23H23F2NO3/c1-13-17(24)12-16(14-6-4-3-5-7-14)20(25)18(13)19-21(27)23(26-22(19)28)10-8-15(29-2)9-11-23/h3-7,12,15,27H,8-11H2,1-2H3,(H,26,28). The summed E-state index contributed by atoms with van der Waals surface area (Å²) in [7, 11) is 1.63. The number of aliphatic hydroxyl groups excluding tert-OH is 1. The highest BCUT2D eigenvalue weighted by Crippen LogP contribution is 2.44. The van der Waals surface area contributed by atoms with E-state index in [1.165, 1.54) is 6.92 Å². The number of hydrogen-bond acceptors (Lipinski definition) is 3. The molecule has 0 unspecified atom stereocenters. The van der Waals surface area contributed by atoms with E-state index in [0.29, 0.717) is 31.2 Å². The Morgan fingerprint density at radius 3 is 2.45 bits per heavy atom. The molecule has 29 heavy (non-hydrogen) atoms. The topological polar surface area (TPSA) is 58.6 Å². The molecule has 0 atom stereocenters. The van der Waals surface area contributed by atoms with Gasteiger partial charge in [0, 0.05) is 18.2 Å². The molecule has 4 nitrogen and oxygen atoms in total. The molecule has 0 saturated heterocycles. The van der Waals surface area contributed by atoms with Crippen LogP contribution in [0.3, 0.4) is 0 Å². The van der Waals surface area contributed by atoms with Crippen molar-refractivity contribution in [2.24, 2.45) is 0 Å². The zero-order valence-corrected chi connectivity index (χ0v) is 16.4. The van der Waals surface area contributed by atoms with E-state index in [9.17, 15) is 14.3 Å². The third-order valence-electron chi connectivity index (χ3n) is 6.18. The minimum atomic E-state index is -0.945. The van der Waals surface area contributed by atoms with Crippen molar-refractivity contribution in [1.82, 2.24) is 5.32 Å². The second-order valence-electron chi connectivity index (χ2n) is 7.78. The van der Waals surface area contributed by atoms with Gasteiger partial charge in [-0.25, -0.2) is 8.78 Å². The molecule has 2 aliphatic rings. The lowest BCUT2D eigenvalue weighted by Gasteiger charge is -2.36. The average Bonchev–Trinajstić information content (AvgIpc) is 2.96. The molecule has 6 heteroatoms. The highest BCUT2D eigenvalue weighted by atomic mass is 19.1. The maximum Gasteiger partial charge on any atom is 0.256 e. The van der Waals surface area contributed by atoms with Gasteiger partial charge in [-0.2, -0.15) is 0 Å². The molecular weight excluding hydrogens is 376 g/mol. The van der Waals surface area contributed by atoms with Crippen molar-refractivity contribution in [3.05, 3.63) is 64.9 Å². The Kier molecular flexibility index (Phi) is 4.90. The summed E-state index contributed by atoms with van der Waals surface area (Å²) in [4.78, 5) is 12.8. The second-order valence-corrected chi connectivity index (χ2v) is 7.78. The average molecular weight is 399 g/mol. The summed E-state index contributed by atoms with van der Waals surface area (Å²) in [6.45, 7) is 1.42. The molecule has 1 aliphatic heterocycles. The van der Waals surface area contributed by atoms with Crippen molar-refractivity contribution in [1.29, 1.82) is 0 Å². The molecule has 1 heterocycles. The minimum Gasteiger partial charge on any atom is -0.509 e. The third kappa shape index (κ3) is 3.12. The largest absolute Gasteiger partial charge is 0.509 e. The molecule has 1 saturated carbocycles. The van der Waals surface area contributed by atoms with Gasteiger partial charge in [-0.15, -0.1) is 0 Å². The highest BCUT2D eigenvalue weighted by molar-refractivity contribution is 6.23. The molecule has 1 amide bonds. The van der Waals surface area contributed by atoms with Crippen LogP contribution in [0.25, 0.3) is 16.7 Å². The summed E-state index contributed by atoms with van der Waals surface area (Å²) >= 11 is 0. The maximum absolute atomic E-state index is 15.6. The van der Waals surface area contributed by atoms with Gasteiger partial charge in [-0.1, -0.05) is 30.3 Å². The smallest absolute Gasteiger partial charge is 0.256 e. The lowest BCUT2D eigenvalue weighted by molar-refractivity contribution is -0.116. The summed E-state index contributed by atoms with van der Waals surface area (Å²) in [5.74, 6) is -2.12. The van der Waals surface area contributed by atoms with E-state index in [-0.39, 0.29) is 34.1 Å². The molecule has 0 radical (unpaired) electrons. The van der Waals surface area contributed by atoms with Gasteiger partial charge in [0.1, 0.15) is 17.4 Å². The summed E-state index contributed by atoms with van der Waals surface area (Å²) in [6, 6.07) is 9.73. The summed E-state index contributed by atoms with van der Waals surface area (Å²) in [6.07, 6.45) is 2.34. The first-order valence-corrected chi connectivity index (χ1v) is 9.71. The third-order valence-corrected chi connectivity index (χ3v) is 6.18. The number of rotatable bonds is 3. The van der Waals surface area contributed by atoms with Gasteiger partial charge in [0.25, 0.3) is 5.91 Å². The van der Waals surface area contributed by atoms with Crippen LogP contribution in [0.1, 0.15) is 36.8 Å². The van der Waals surface area contributed by atoms with Crippen LogP contribution in [0.2, 0.25) is 0 Å². The predicted molar refractivity (Wildman–Crippen MR) is 106 cm³/mol. The van der Waals surface area contributed by atoms with E-state index in [2.05, 4.69) is 5.32 Å². The van der Waals surface area contributed by atoms with Crippen LogP contribution in [-0.2, 0) is 9.53 Å². The molecule has 0 bridgehead atoms. The number of aliphatic hydroxyl groups is 1. The molecular formula is C23H23F2NO3. The zero-order chi connectivity index (χ0) is 20.8. The van der Waals surface area contributed by atoms with E-state index in [1.807, 2.05) is 0 Å². The minimum absolute atomic E-state index is 0.00140. The summed E-state index contributed by atoms with van der Waals surface area (Å²) < 4.78 is 35.6. The first-order valence-electron chi connectivity index (χ1n) is 9.71. The van der Waals surface area contributed by atoms with E-state index in [4.69, 9.17) is 4.74 Å². The number of nitrogens with one attached hydrogen (secondary N) is 1. The van der Waals surface area contributed by atoms with Crippen molar-refractivity contribution in [2.75, 3.05) is 7.11 Å². The van der Waals surface area contributed by atoms with E-state index in [1.54, 1.807) is 37.4 Å². The number of halogens is 2. The lowest BCUT2D eigenvalue weighted by atomic mass is 9.79. The molecule has 1 aliphatic carbocycles. The SMILES string of the molecule is COC1CCC2(CC1)NC(=O)C(c1c(C)c(F)cc(-c3ccccc3)c1F)=C2O. The van der Waals surface area contributed by atoms with Crippen molar-refractivity contribution < 1.29 is 23.4 Å². The normalized spacial score (nSPS) is 24.3. The quantitative estimate of drug-likeness (QED) is 0.789. The number of hydrogen-bond donors (Lipinski definition) is 2. The summed E-state index contributed by atoms with van der Waals surface area (Å²) in [5, 5.41) is 13.9. The van der Waals surface area contributed by atoms with Crippen LogP contribution in [-0.4, -0.2) is 29.8 Å². The molecule has 2 aromatic carbocycles. The van der Waals surface area contributed by atoms with Crippen LogP contribution >= 0.6 is 0 Å². The van der Waals surface area contributed by atoms with E-state index in [0.717, 1.165) is 6.07 Å². The molecule has 152 valence electrons. The predicted octanol–water partition coefficient (Wildman–Crippen LogP) is 4.67. The Balaban J connectivity index is 1.86. The van der Waals surface area contributed by atoms with Gasteiger partial charge >= 0.3 is 0 Å². The molecule has 0 aromatic heterocycles.